The van der Waals surface area contributed by atoms with Gasteiger partial charge in [-0.05, 0) is 11.8 Å². The Bertz CT molecular complexity index is 357. The lowest BCUT2D eigenvalue weighted by molar-refractivity contribution is 0.229. The first-order valence-electron chi connectivity index (χ1n) is 7.08. The number of likely N-dealkylation sites (N-methyl/N-ethyl adjacent to an activating group) is 1. The van der Waals surface area contributed by atoms with Gasteiger partial charge in [0.05, 0.1) is 5.75 Å². The minimum Gasteiger partial charge on any atom is -0.314 e. The van der Waals surface area contributed by atoms with Crippen LogP contribution in [0.15, 0.2) is 0 Å². The van der Waals surface area contributed by atoms with Crippen molar-refractivity contribution >= 4 is 10.0 Å². The first-order valence-corrected chi connectivity index (χ1v) is 8.69. The summed E-state index contributed by atoms with van der Waals surface area (Å²) in [7, 11) is -1.41. The van der Waals surface area contributed by atoms with E-state index in [0.29, 0.717) is 13.0 Å². The van der Waals surface area contributed by atoms with Gasteiger partial charge in [-0.1, -0.05) is 20.8 Å². The van der Waals surface area contributed by atoms with Crippen LogP contribution >= 0.6 is 0 Å². The third kappa shape index (κ3) is 6.70. The molecule has 0 aliphatic carbocycles. The monoisotopic (exact) mass is 291 g/mol. The normalized spacial score (nSPS) is 19.0. The summed E-state index contributed by atoms with van der Waals surface area (Å²) in [5.41, 5.74) is 0.0620. The summed E-state index contributed by atoms with van der Waals surface area (Å²) >= 11 is 0. The molecule has 0 unspecified atom stereocenters. The minimum absolute atomic E-state index is 0.0620. The van der Waals surface area contributed by atoms with Gasteiger partial charge < -0.3 is 5.32 Å². The summed E-state index contributed by atoms with van der Waals surface area (Å²) in [4.78, 5) is 2.31. The van der Waals surface area contributed by atoms with Crippen LogP contribution in [-0.4, -0.2) is 69.7 Å². The van der Waals surface area contributed by atoms with Crippen molar-refractivity contribution in [3.05, 3.63) is 0 Å². The van der Waals surface area contributed by atoms with Crippen molar-refractivity contribution in [1.82, 2.24) is 14.5 Å². The second kappa shape index (κ2) is 7.02. The predicted molar refractivity (Wildman–Crippen MR) is 79.8 cm³/mol. The lowest BCUT2D eigenvalue weighted by atomic mass is 9.94. The van der Waals surface area contributed by atoms with Gasteiger partial charge >= 0.3 is 0 Å². The molecule has 1 rings (SSSR count). The van der Waals surface area contributed by atoms with Crippen LogP contribution in [0.4, 0.5) is 0 Å². The van der Waals surface area contributed by atoms with Crippen LogP contribution in [0.3, 0.4) is 0 Å². The quantitative estimate of drug-likeness (QED) is 0.778. The molecule has 1 saturated heterocycles. The number of hydrogen-bond acceptors (Lipinski definition) is 4. The molecule has 0 aromatic rings. The molecule has 0 spiro atoms. The highest BCUT2D eigenvalue weighted by Crippen LogP contribution is 2.20. The zero-order valence-electron chi connectivity index (χ0n) is 12.8. The molecule has 19 heavy (non-hydrogen) atoms. The van der Waals surface area contributed by atoms with Crippen LogP contribution in [0.25, 0.3) is 0 Å². The van der Waals surface area contributed by atoms with E-state index in [1.807, 2.05) is 0 Å². The largest absolute Gasteiger partial charge is 0.314 e. The van der Waals surface area contributed by atoms with Crippen LogP contribution in [0.5, 0.6) is 0 Å². The van der Waals surface area contributed by atoms with Gasteiger partial charge in [0.25, 0.3) is 0 Å². The van der Waals surface area contributed by atoms with E-state index in [2.05, 4.69) is 31.0 Å². The van der Waals surface area contributed by atoms with E-state index < -0.39 is 10.0 Å². The molecule has 0 bridgehead atoms. The highest BCUT2D eigenvalue weighted by Gasteiger charge is 2.22. The van der Waals surface area contributed by atoms with Crippen LogP contribution in [0.2, 0.25) is 0 Å². The van der Waals surface area contributed by atoms with Crippen molar-refractivity contribution in [2.75, 3.05) is 52.1 Å². The van der Waals surface area contributed by atoms with Crippen LogP contribution in [0.1, 0.15) is 27.2 Å². The maximum absolute atomic E-state index is 12.1. The zero-order valence-corrected chi connectivity index (χ0v) is 13.6. The second-order valence-electron chi connectivity index (χ2n) is 6.54. The van der Waals surface area contributed by atoms with Crippen LogP contribution in [-0.2, 0) is 10.0 Å². The highest BCUT2D eigenvalue weighted by atomic mass is 32.2. The Balaban J connectivity index is 2.36. The average Bonchev–Trinajstić information content (AvgIpc) is 2.34. The average molecular weight is 291 g/mol. The topological polar surface area (TPSA) is 52.6 Å². The van der Waals surface area contributed by atoms with Crippen molar-refractivity contribution < 1.29 is 8.42 Å². The van der Waals surface area contributed by atoms with E-state index >= 15 is 0 Å². The number of nitrogens with one attached hydrogen (secondary N) is 1. The number of hydrogen-bond donors (Lipinski definition) is 1. The van der Waals surface area contributed by atoms with Gasteiger partial charge in [-0.2, -0.15) is 0 Å². The van der Waals surface area contributed by atoms with Crippen LogP contribution < -0.4 is 5.32 Å². The molecular weight excluding hydrogens is 262 g/mol. The van der Waals surface area contributed by atoms with Gasteiger partial charge in [-0.3, -0.25) is 4.90 Å². The molecule has 5 nitrogen and oxygen atoms in total. The summed E-state index contributed by atoms with van der Waals surface area (Å²) < 4.78 is 25.8. The summed E-state index contributed by atoms with van der Waals surface area (Å²) in [5.74, 6) is 0.245. The lowest BCUT2D eigenvalue weighted by Crippen LogP contribution is -2.46. The van der Waals surface area contributed by atoms with Crippen molar-refractivity contribution in [2.45, 2.75) is 27.2 Å². The molecular formula is C13H29N3O2S. The zero-order chi connectivity index (χ0) is 14.5. The molecule has 1 fully saturated rings. The summed E-state index contributed by atoms with van der Waals surface area (Å²) in [6.45, 7) is 11.7. The Hall–Kier alpha value is -0.170. The Labute approximate surface area is 118 Å². The SMILES string of the molecule is CN(CCN1CCNCC1)S(=O)(=O)CCC(C)(C)C. The van der Waals surface area contributed by atoms with Crippen molar-refractivity contribution in [3.8, 4) is 0 Å². The maximum Gasteiger partial charge on any atom is 0.213 e. The van der Waals surface area contributed by atoms with Gasteiger partial charge in [0, 0.05) is 46.3 Å². The fraction of sp³-hybridized carbons (Fsp3) is 1.00. The third-order valence-electron chi connectivity index (χ3n) is 3.53. The molecule has 0 aromatic heterocycles. The third-order valence-corrected chi connectivity index (χ3v) is 5.38. The molecule has 0 saturated carbocycles. The standard InChI is InChI=1S/C13H29N3O2S/c1-13(2,3)5-12-19(17,18)15(4)10-11-16-8-6-14-7-9-16/h14H,5-12H2,1-4H3. The van der Waals surface area contributed by atoms with Gasteiger partial charge in [0.1, 0.15) is 0 Å². The number of piperazine rings is 1. The van der Waals surface area contributed by atoms with Crippen molar-refractivity contribution in [1.29, 1.82) is 0 Å². The molecule has 1 heterocycles. The maximum atomic E-state index is 12.1. The molecule has 114 valence electrons. The first kappa shape index (κ1) is 16.9. The Morgan fingerprint density at radius 1 is 1.21 bits per heavy atom. The Morgan fingerprint density at radius 3 is 2.32 bits per heavy atom. The van der Waals surface area contributed by atoms with Crippen LogP contribution in [0, 0.1) is 5.41 Å². The Morgan fingerprint density at radius 2 is 1.79 bits per heavy atom. The van der Waals surface area contributed by atoms with Gasteiger partial charge in [-0.25, -0.2) is 12.7 Å². The van der Waals surface area contributed by atoms with E-state index in [1.165, 1.54) is 4.31 Å². The lowest BCUT2D eigenvalue weighted by Gasteiger charge is -2.29. The first-order chi connectivity index (χ1) is 8.71. The minimum atomic E-state index is -3.10. The molecule has 1 aliphatic rings. The molecule has 6 heteroatoms. The van der Waals surface area contributed by atoms with E-state index in [9.17, 15) is 8.42 Å². The molecule has 1 aliphatic heterocycles. The fourth-order valence-electron chi connectivity index (χ4n) is 1.95. The number of sulfonamides is 1. The summed E-state index contributed by atoms with van der Waals surface area (Å²) in [5, 5.41) is 3.30. The number of rotatable bonds is 6. The number of nitrogens with zero attached hydrogens (tertiary/aromatic N) is 2. The molecule has 0 radical (unpaired) electrons. The van der Waals surface area contributed by atoms with Crippen molar-refractivity contribution in [3.63, 3.8) is 0 Å². The molecule has 1 N–H and O–H groups in total. The smallest absolute Gasteiger partial charge is 0.213 e. The second-order valence-corrected chi connectivity index (χ2v) is 8.74. The summed E-state index contributed by atoms with van der Waals surface area (Å²) in [6.07, 6.45) is 0.702. The van der Waals surface area contributed by atoms with E-state index in [-0.39, 0.29) is 11.2 Å². The predicted octanol–water partition coefficient (Wildman–Crippen LogP) is 0.589. The van der Waals surface area contributed by atoms with Gasteiger partial charge in [0.2, 0.25) is 10.0 Å². The van der Waals surface area contributed by atoms with Crippen molar-refractivity contribution in [2.24, 2.45) is 5.41 Å². The Kier molecular flexibility index (Phi) is 6.23. The van der Waals surface area contributed by atoms with E-state index in [0.717, 1.165) is 32.7 Å². The summed E-state index contributed by atoms with van der Waals surface area (Å²) in [6, 6.07) is 0. The molecule has 0 atom stereocenters. The van der Waals surface area contributed by atoms with Gasteiger partial charge in [-0.15, -0.1) is 0 Å². The van der Waals surface area contributed by atoms with Gasteiger partial charge in [0.15, 0.2) is 0 Å². The highest BCUT2D eigenvalue weighted by molar-refractivity contribution is 7.89. The molecule has 0 aromatic carbocycles. The molecule has 0 amide bonds. The van der Waals surface area contributed by atoms with E-state index in [1.54, 1.807) is 7.05 Å². The van der Waals surface area contributed by atoms with E-state index in [4.69, 9.17) is 0 Å². The fourth-order valence-corrected chi connectivity index (χ4v) is 3.49.